The lowest BCUT2D eigenvalue weighted by atomic mass is 10.0. The lowest BCUT2D eigenvalue weighted by Crippen LogP contribution is -2.43. The van der Waals surface area contributed by atoms with E-state index < -0.39 is 0 Å². The number of nitrogens with zero attached hydrogens (tertiary/aromatic N) is 2. The van der Waals surface area contributed by atoms with Gasteiger partial charge in [0.05, 0.1) is 0 Å². The van der Waals surface area contributed by atoms with E-state index in [4.69, 9.17) is 10.5 Å². The zero-order valence-electron chi connectivity index (χ0n) is 11.7. The molecule has 0 amide bonds. The van der Waals surface area contributed by atoms with E-state index in [1.54, 1.807) is 0 Å². The van der Waals surface area contributed by atoms with Crippen molar-refractivity contribution in [3.63, 3.8) is 0 Å². The van der Waals surface area contributed by atoms with E-state index in [1.165, 1.54) is 12.8 Å². The Morgan fingerprint density at radius 3 is 2.89 bits per heavy atom. The van der Waals surface area contributed by atoms with Crippen molar-refractivity contribution in [2.75, 3.05) is 32.8 Å². The highest BCUT2D eigenvalue weighted by Gasteiger charge is 2.17. The highest BCUT2D eigenvalue weighted by atomic mass is 127. The number of guanidine groups is 1. The molecule has 0 aromatic heterocycles. The summed E-state index contributed by atoms with van der Waals surface area (Å²) in [6, 6.07) is 0. The molecule has 108 valence electrons. The lowest BCUT2D eigenvalue weighted by molar-refractivity contribution is 0.144. The van der Waals surface area contributed by atoms with Crippen molar-refractivity contribution in [1.29, 1.82) is 0 Å². The van der Waals surface area contributed by atoms with Crippen LogP contribution in [0.15, 0.2) is 4.99 Å². The Morgan fingerprint density at radius 1 is 1.44 bits per heavy atom. The molecule has 2 N–H and O–H groups in total. The van der Waals surface area contributed by atoms with Gasteiger partial charge < -0.3 is 15.4 Å². The van der Waals surface area contributed by atoms with E-state index in [1.807, 2.05) is 6.92 Å². The number of aliphatic imine (C=N–C) groups is 1. The van der Waals surface area contributed by atoms with Crippen LogP contribution < -0.4 is 5.73 Å². The zero-order valence-corrected chi connectivity index (χ0v) is 14.1. The van der Waals surface area contributed by atoms with Gasteiger partial charge in [-0.25, -0.2) is 0 Å². The molecule has 0 saturated carbocycles. The summed E-state index contributed by atoms with van der Waals surface area (Å²) in [6.07, 6.45) is 4.69. The molecule has 1 rings (SSSR count). The number of nitrogens with two attached hydrogens (primary N) is 1. The minimum absolute atomic E-state index is 0. The number of hydrogen-bond acceptors (Lipinski definition) is 2. The predicted octanol–water partition coefficient (Wildman–Crippen LogP) is 2.47. The topological polar surface area (TPSA) is 50.9 Å². The van der Waals surface area contributed by atoms with Crippen LogP contribution in [0.3, 0.4) is 0 Å². The molecule has 1 atom stereocenters. The van der Waals surface area contributed by atoms with Gasteiger partial charge >= 0.3 is 0 Å². The van der Waals surface area contributed by atoms with Crippen LogP contribution in [0.2, 0.25) is 0 Å². The fourth-order valence-electron chi connectivity index (χ4n) is 2.15. The van der Waals surface area contributed by atoms with Crippen LogP contribution in [0, 0.1) is 5.92 Å². The Bertz CT molecular complexity index is 236. The number of ether oxygens (including phenoxy) is 1. The Labute approximate surface area is 128 Å². The van der Waals surface area contributed by atoms with Crippen LogP contribution in [0.5, 0.6) is 0 Å². The van der Waals surface area contributed by atoms with E-state index in [9.17, 15) is 0 Å². The minimum Gasteiger partial charge on any atom is -0.382 e. The molecule has 1 heterocycles. The van der Waals surface area contributed by atoms with Crippen molar-refractivity contribution in [3.05, 3.63) is 0 Å². The Morgan fingerprint density at radius 2 is 2.22 bits per heavy atom. The summed E-state index contributed by atoms with van der Waals surface area (Å²) in [5.74, 6) is 1.48. The predicted molar refractivity (Wildman–Crippen MR) is 87.6 cm³/mol. The standard InChI is InChI=1S/C13H27N3O.HI/c1-3-17-10-5-4-8-15-13(14)16-9-6-7-12(2)11-16;/h12H,3-11H2,1-2H3,(H2,14,15);1H. The molecule has 18 heavy (non-hydrogen) atoms. The van der Waals surface area contributed by atoms with Crippen molar-refractivity contribution in [1.82, 2.24) is 4.90 Å². The fourth-order valence-corrected chi connectivity index (χ4v) is 2.15. The largest absolute Gasteiger partial charge is 0.382 e. The molecule has 1 fully saturated rings. The number of halogens is 1. The second-order valence-corrected chi connectivity index (χ2v) is 4.84. The maximum atomic E-state index is 6.00. The van der Waals surface area contributed by atoms with Crippen LogP contribution in [-0.2, 0) is 4.74 Å². The molecule has 0 aromatic rings. The summed E-state index contributed by atoms with van der Waals surface area (Å²) >= 11 is 0. The highest BCUT2D eigenvalue weighted by molar-refractivity contribution is 14.0. The van der Waals surface area contributed by atoms with Gasteiger partial charge in [-0.3, -0.25) is 4.99 Å². The first-order valence-corrected chi connectivity index (χ1v) is 6.86. The maximum Gasteiger partial charge on any atom is 0.191 e. The highest BCUT2D eigenvalue weighted by Crippen LogP contribution is 2.14. The van der Waals surface area contributed by atoms with Gasteiger partial charge in [0.25, 0.3) is 0 Å². The molecule has 4 nitrogen and oxygen atoms in total. The molecule has 1 saturated heterocycles. The van der Waals surface area contributed by atoms with E-state index >= 15 is 0 Å². The summed E-state index contributed by atoms with van der Waals surface area (Å²) in [4.78, 5) is 6.66. The van der Waals surface area contributed by atoms with Crippen LogP contribution in [0.1, 0.15) is 39.5 Å². The molecule has 0 bridgehead atoms. The summed E-state index contributed by atoms with van der Waals surface area (Å²) in [5, 5.41) is 0. The van der Waals surface area contributed by atoms with Gasteiger partial charge in [0, 0.05) is 32.8 Å². The third-order valence-corrected chi connectivity index (χ3v) is 3.16. The molecule has 5 heteroatoms. The first kappa shape index (κ1) is 18.0. The number of unbranched alkanes of at least 4 members (excludes halogenated alkanes) is 1. The molecule has 0 radical (unpaired) electrons. The summed E-state index contributed by atoms with van der Waals surface area (Å²) < 4.78 is 5.28. The number of rotatable bonds is 6. The van der Waals surface area contributed by atoms with Gasteiger partial charge in [-0.1, -0.05) is 6.92 Å². The summed E-state index contributed by atoms with van der Waals surface area (Å²) in [6.45, 7) is 8.90. The van der Waals surface area contributed by atoms with Crippen LogP contribution in [0.25, 0.3) is 0 Å². The molecule has 0 spiro atoms. The van der Waals surface area contributed by atoms with Gasteiger partial charge in [0.1, 0.15) is 0 Å². The molecular formula is C13H28IN3O. The molecular weight excluding hydrogens is 341 g/mol. The quantitative estimate of drug-likeness (QED) is 0.339. The molecule has 1 unspecified atom stereocenters. The second kappa shape index (κ2) is 10.8. The van der Waals surface area contributed by atoms with Crippen LogP contribution in [-0.4, -0.2) is 43.7 Å². The maximum absolute atomic E-state index is 6.00. The van der Waals surface area contributed by atoms with Gasteiger partial charge in [0.15, 0.2) is 5.96 Å². The Hall–Kier alpha value is -0.0400. The van der Waals surface area contributed by atoms with Crippen molar-refractivity contribution < 1.29 is 4.74 Å². The van der Waals surface area contributed by atoms with E-state index in [2.05, 4.69) is 16.8 Å². The second-order valence-electron chi connectivity index (χ2n) is 4.84. The third-order valence-electron chi connectivity index (χ3n) is 3.16. The van der Waals surface area contributed by atoms with Crippen molar-refractivity contribution in [2.45, 2.75) is 39.5 Å². The number of hydrogen-bond donors (Lipinski definition) is 1. The average molecular weight is 369 g/mol. The first-order valence-electron chi connectivity index (χ1n) is 6.86. The summed E-state index contributed by atoms with van der Waals surface area (Å²) in [7, 11) is 0. The van der Waals surface area contributed by atoms with Crippen molar-refractivity contribution >= 4 is 29.9 Å². The van der Waals surface area contributed by atoms with Gasteiger partial charge in [-0.05, 0) is 38.5 Å². The van der Waals surface area contributed by atoms with Crippen LogP contribution in [0.4, 0.5) is 0 Å². The van der Waals surface area contributed by atoms with Crippen molar-refractivity contribution in [3.8, 4) is 0 Å². The Balaban J connectivity index is 0.00000289. The SMILES string of the molecule is CCOCCCCN=C(N)N1CCCC(C)C1.I. The molecule has 1 aliphatic heterocycles. The number of likely N-dealkylation sites (tertiary alicyclic amines) is 1. The van der Waals surface area contributed by atoms with Gasteiger partial charge in [-0.15, -0.1) is 24.0 Å². The van der Waals surface area contributed by atoms with Gasteiger partial charge in [-0.2, -0.15) is 0 Å². The van der Waals surface area contributed by atoms with Crippen molar-refractivity contribution in [2.24, 2.45) is 16.6 Å². The zero-order chi connectivity index (χ0) is 12.5. The Kier molecular flexibility index (Phi) is 10.8. The molecule has 0 aromatic carbocycles. The lowest BCUT2D eigenvalue weighted by Gasteiger charge is -2.31. The number of piperidine rings is 1. The van der Waals surface area contributed by atoms with E-state index in [0.29, 0.717) is 0 Å². The van der Waals surface area contributed by atoms with Crippen LogP contribution >= 0.6 is 24.0 Å². The minimum atomic E-state index is 0. The summed E-state index contributed by atoms with van der Waals surface area (Å²) in [5.41, 5.74) is 6.00. The molecule has 0 aliphatic carbocycles. The van der Waals surface area contributed by atoms with E-state index in [0.717, 1.165) is 57.6 Å². The monoisotopic (exact) mass is 369 g/mol. The molecule has 1 aliphatic rings. The fraction of sp³-hybridized carbons (Fsp3) is 0.923. The smallest absolute Gasteiger partial charge is 0.191 e. The third kappa shape index (κ3) is 7.41. The first-order chi connectivity index (χ1) is 8.24. The normalized spacial score (nSPS) is 20.7. The van der Waals surface area contributed by atoms with Gasteiger partial charge in [0.2, 0.25) is 0 Å². The van der Waals surface area contributed by atoms with E-state index in [-0.39, 0.29) is 24.0 Å². The average Bonchev–Trinajstić information content (AvgIpc) is 2.33.